The molecule has 2 atom stereocenters. The van der Waals surface area contributed by atoms with Crippen molar-refractivity contribution >= 4 is 29.1 Å². The highest BCUT2D eigenvalue weighted by Crippen LogP contribution is 2.39. The molecular weight excluding hydrogens is 342 g/mol. The van der Waals surface area contributed by atoms with Crippen molar-refractivity contribution in [3.05, 3.63) is 48.2 Å². The fourth-order valence-corrected chi connectivity index (χ4v) is 4.55. The average Bonchev–Trinajstić information content (AvgIpc) is 3.17. The number of benzene rings is 1. The minimum absolute atomic E-state index is 0.115. The molecule has 2 fully saturated rings. The Hall–Kier alpha value is -2.93. The highest BCUT2D eigenvalue weighted by molar-refractivity contribution is 6.16. The minimum atomic E-state index is -0.249. The van der Waals surface area contributed by atoms with Crippen LogP contribution in [0.25, 0.3) is 0 Å². The summed E-state index contributed by atoms with van der Waals surface area (Å²) in [6, 6.07) is 10.7. The second kappa shape index (κ2) is 6.06. The third-order valence-electron chi connectivity index (χ3n) is 5.77. The van der Waals surface area contributed by atoms with Crippen LogP contribution < -0.4 is 10.2 Å². The molecule has 1 aromatic heterocycles. The Morgan fingerprint density at radius 1 is 1.07 bits per heavy atom. The van der Waals surface area contributed by atoms with Crippen LogP contribution in [0.1, 0.15) is 10.4 Å². The summed E-state index contributed by atoms with van der Waals surface area (Å²) in [5.74, 6) is 1.17. The van der Waals surface area contributed by atoms with Crippen LogP contribution in [0.5, 0.6) is 0 Å². The molecule has 2 unspecified atom stereocenters. The molecule has 0 aliphatic carbocycles. The van der Waals surface area contributed by atoms with Crippen molar-refractivity contribution in [3.8, 4) is 0 Å². The Morgan fingerprint density at radius 2 is 1.81 bits per heavy atom. The second-order valence-corrected chi connectivity index (χ2v) is 7.61. The third-order valence-corrected chi connectivity index (χ3v) is 5.77. The standard InChI is InChI=1S/C20H21N5O2/c1-23-9-13-11-24(12-14(13)10-23)20(27)25-17-7-3-2-6-16(17)22-19(26)15-5-4-8-21-18(15)25/h2-8,13-14H,9-12H2,1H3,(H,22,26). The molecule has 0 saturated carbocycles. The molecule has 3 aliphatic rings. The van der Waals surface area contributed by atoms with Gasteiger partial charge in [-0.2, -0.15) is 0 Å². The number of hydrogen-bond donors (Lipinski definition) is 1. The molecule has 4 heterocycles. The molecule has 7 nitrogen and oxygen atoms in total. The lowest BCUT2D eigenvalue weighted by Crippen LogP contribution is -2.41. The van der Waals surface area contributed by atoms with Gasteiger partial charge in [-0.1, -0.05) is 12.1 Å². The van der Waals surface area contributed by atoms with E-state index in [0.29, 0.717) is 34.6 Å². The Kier molecular flexibility index (Phi) is 3.65. The Bertz CT molecular complexity index is 916. The van der Waals surface area contributed by atoms with Crippen molar-refractivity contribution in [1.29, 1.82) is 0 Å². The van der Waals surface area contributed by atoms with Crippen LogP contribution >= 0.6 is 0 Å². The number of likely N-dealkylation sites (tertiary alicyclic amines) is 2. The van der Waals surface area contributed by atoms with E-state index < -0.39 is 0 Å². The minimum Gasteiger partial charge on any atom is -0.323 e. The monoisotopic (exact) mass is 363 g/mol. The maximum absolute atomic E-state index is 13.6. The zero-order valence-corrected chi connectivity index (χ0v) is 15.1. The highest BCUT2D eigenvalue weighted by Gasteiger charge is 2.43. The van der Waals surface area contributed by atoms with E-state index in [1.165, 1.54) is 0 Å². The first-order valence-electron chi connectivity index (χ1n) is 9.25. The number of carbonyl (C=O) groups excluding carboxylic acids is 2. The van der Waals surface area contributed by atoms with Gasteiger partial charge in [0.15, 0.2) is 5.82 Å². The molecule has 5 rings (SSSR count). The number of urea groups is 1. The van der Waals surface area contributed by atoms with Crippen LogP contribution in [0.4, 0.5) is 22.0 Å². The first kappa shape index (κ1) is 16.3. The zero-order chi connectivity index (χ0) is 18.5. The molecule has 7 heteroatoms. The largest absolute Gasteiger partial charge is 0.330 e. The Labute approximate surface area is 157 Å². The van der Waals surface area contributed by atoms with Gasteiger partial charge in [0.05, 0.1) is 16.9 Å². The lowest BCUT2D eigenvalue weighted by atomic mass is 10.0. The third kappa shape index (κ3) is 2.57. The summed E-state index contributed by atoms with van der Waals surface area (Å²) >= 11 is 0. The highest BCUT2D eigenvalue weighted by atomic mass is 16.2. The van der Waals surface area contributed by atoms with Crippen molar-refractivity contribution in [2.75, 3.05) is 43.4 Å². The number of aromatic nitrogens is 1. The number of fused-ring (bicyclic) bond motifs is 3. The summed E-state index contributed by atoms with van der Waals surface area (Å²) < 4.78 is 0. The number of hydrogen-bond acceptors (Lipinski definition) is 4. The summed E-state index contributed by atoms with van der Waals surface area (Å²) in [5.41, 5.74) is 1.68. The smallest absolute Gasteiger partial charge is 0.323 e. The quantitative estimate of drug-likeness (QED) is 0.780. The first-order valence-corrected chi connectivity index (χ1v) is 9.25. The van der Waals surface area contributed by atoms with Gasteiger partial charge in [0, 0.05) is 32.4 Å². The Morgan fingerprint density at radius 3 is 2.59 bits per heavy atom. The molecule has 1 aromatic carbocycles. The molecular formula is C20H21N5O2. The van der Waals surface area contributed by atoms with Gasteiger partial charge in [-0.05, 0) is 43.1 Å². The molecule has 3 aliphatic heterocycles. The van der Waals surface area contributed by atoms with Crippen molar-refractivity contribution < 1.29 is 9.59 Å². The van der Waals surface area contributed by atoms with E-state index in [1.54, 1.807) is 23.2 Å². The fraction of sp³-hybridized carbons (Fsp3) is 0.350. The van der Waals surface area contributed by atoms with E-state index in [4.69, 9.17) is 0 Å². The molecule has 1 N–H and O–H groups in total. The number of nitrogens with one attached hydrogen (secondary N) is 1. The number of rotatable bonds is 0. The van der Waals surface area contributed by atoms with E-state index in [1.807, 2.05) is 29.2 Å². The van der Waals surface area contributed by atoms with Crippen LogP contribution in [0.15, 0.2) is 42.6 Å². The van der Waals surface area contributed by atoms with Gasteiger partial charge in [-0.3, -0.25) is 4.79 Å². The van der Waals surface area contributed by atoms with Gasteiger partial charge in [0.2, 0.25) is 0 Å². The summed E-state index contributed by atoms with van der Waals surface area (Å²) in [5, 5.41) is 2.90. The van der Waals surface area contributed by atoms with Crippen LogP contribution in [-0.2, 0) is 0 Å². The van der Waals surface area contributed by atoms with E-state index in [-0.39, 0.29) is 11.9 Å². The number of amides is 3. The maximum Gasteiger partial charge on any atom is 0.330 e. The lowest BCUT2D eigenvalue weighted by Gasteiger charge is -2.28. The molecule has 0 bridgehead atoms. The van der Waals surface area contributed by atoms with E-state index >= 15 is 0 Å². The second-order valence-electron chi connectivity index (χ2n) is 7.61. The van der Waals surface area contributed by atoms with Crippen molar-refractivity contribution in [1.82, 2.24) is 14.8 Å². The number of carbonyl (C=O) groups is 2. The molecule has 2 aromatic rings. The predicted octanol–water partition coefficient (Wildman–Crippen LogP) is 2.40. The predicted molar refractivity (Wildman–Crippen MR) is 102 cm³/mol. The van der Waals surface area contributed by atoms with Crippen LogP contribution in [-0.4, -0.2) is 59.9 Å². The first-order chi connectivity index (χ1) is 13.1. The summed E-state index contributed by atoms with van der Waals surface area (Å²) in [4.78, 5) is 36.4. The molecule has 0 spiro atoms. The normalized spacial score (nSPS) is 24.1. The summed E-state index contributed by atoms with van der Waals surface area (Å²) in [7, 11) is 2.13. The van der Waals surface area contributed by atoms with Gasteiger partial charge < -0.3 is 15.1 Å². The summed E-state index contributed by atoms with van der Waals surface area (Å²) in [6.07, 6.45) is 1.62. The van der Waals surface area contributed by atoms with Crippen molar-refractivity contribution in [2.24, 2.45) is 11.8 Å². The topological polar surface area (TPSA) is 68.8 Å². The van der Waals surface area contributed by atoms with Crippen molar-refractivity contribution in [3.63, 3.8) is 0 Å². The van der Waals surface area contributed by atoms with Gasteiger partial charge in [0.25, 0.3) is 5.91 Å². The average molecular weight is 363 g/mol. The molecule has 138 valence electrons. The van der Waals surface area contributed by atoms with E-state index in [0.717, 1.165) is 26.2 Å². The number of nitrogens with zero attached hydrogens (tertiary/aromatic N) is 4. The molecule has 27 heavy (non-hydrogen) atoms. The van der Waals surface area contributed by atoms with E-state index in [9.17, 15) is 9.59 Å². The van der Waals surface area contributed by atoms with Crippen LogP contribution in [0.3, 0.4) is 0 Å². The Balaban J connectivity index is 1.56. The van der Waals surface area contributed by atoms with Crippen molar-refractivity contribution in [2.45, 2.75) is 0 Å². The van der Waals surface area contributed by atoms with Gasteiger partial charge in [-0.15, -0.1) is 0 Å². The van der Waals surface area contributed by atoms with Crippen LogP contribution in [0, 0.1) is 11.8 Å². The lowest BCUT2D eigenvalue weighted by molar-refractivity contribution is 0.102. The van der Waals surface area contributed by atoms with Gasteiger partial charge >= 0.3 is 6.03 Å². The maximum atomic E-state index is 13.6. The molecule has 0 radical (unpaired) electrons. The number of anilines is 3. The van der Waals surface area contributed by atoms with Gasteiger partial charge in [0.1, 0.15) is 0 Å². The summed E-state index contributed by atoms with van der Waals surface area (Å²) in [6.45, 7) is 3.55. The van der Waals surface area contributed by atoms with E-state index in [2.05, 4.69) is 22.2 Å². The van der Waals surface area contributed by atoms with Crippen LogP contribution in [0.2, 0.25) is 0 Å². The molecule has 2 saturated heterocycles. The molecule has 3 amide bonds. The van der Waals surface area contributed by atoms with Gasteiger partial charge in [-0.25, -0.2) is 14.7 Å². The number of para-hydroxylation sites is 2. The number of pyridine rings is 1. The SMILES string of the molecule is CN1CC2CN(C(=O)N3c4ccccc4NC(=O)c4cccnc43)CC2C1. The fourth-order valence-electron chi connectivity index (χ4n) is 4.55. The zero-order valence-electron chi connectivity index (χ0n) is 15.1.